The van der Waals surface area contributed by atoms with Crippen LogP contribution in [-0.4, -0.2) is 10.2 Å². The van der Waals surface area contributed by atoms with Crippen LogP contribution in [-0.2, 0) is 0 Å². The van der Waals surface area contributed by atoms with Gasteiger partial charge in [-0.2, -0.15) is 10.4 Å². The van der Waals surface area contributed by atoms with E-state index in [1.807, 2.05) is 24.3 Å². The summed E-state index contributed by atoms with van der Waals surface area (Å²) in [5, 5.41) is 22.0. The first-order valence-corrected chi connectivity index (χ1v) is 7.30. The molecule has 0 spiro atoms. The quantitative estimate of drug-likeness (QED) is 0.347. The van der Waals surface area contributed by atoms with E-state index in [2.05, 4.69) is 28.4 Å². The highest BCUT2D eigenvalue weighted by Gasteiger charge is 2.25. The van der Waals surface area contributed by atoms with Gasteiger partial charge in [0, 0.05) is 16.5 Å². The fourth-order valence-corrected chi connectivity index (χ4v) is 3.59. The number of anilines is 1. The lowest BCUT2D eigenvalue weighted by atomic mass is 9.94. The summed E-state index contributed by atoms with van der Waals surface area (Å²) in [4.78, 5) is 0. The fraction of sp³-hybridized carbons (Fsp3) is 0. The van der Waals surface area contributed by atoms with Crippen LogP contribution in [0.4, 0.5) is 5.69 Å². The lowest BCUT2D eigenvalue weighted by Gasteiger charge is -2.10. The van der Waals surface area contributed by atoms with Crippen molar-refractivity contribution in [1.29, 1.82) is 5.26 Å². The Kier molecular flexibility index (Phi) is 2.14. The van der Waals surface area contributed by atoms with Gasteiger partial charge in [0.2, 0.25) is 0 Å². The first kappa shape index (κ1) is 12.1. The van der Waals surface area contributed by atoms with Crippen molar-refractivity contribution in [2.24, 2.45) is 0 Å². The molecule has 106 valence electrons. The second-order valence-electron chi connectivity index (χ2n) is 5.69. The van der Waals surface area contributed by atoms with Gasteiger partial charge in [-0.25, -0.2) is 0 Å². The van der Waals surface area contributed by atoms with Crippen molar-refractivity contribution in [2.75, 3.05) is 5.73 Å². The number of nitriles is 1. The molecular formula is C19H10N4. The molecule has 0 radical (unpaired) electrons. The normalized spacial score (nSPS) is 11.6. The summed E-state index contributed by atoms with van der Waals surface area (Å²) in [5.41, 5.74) is 11.2. The van der Waals surface area contributed by atoms with Crippen LogP contribution in [0, 0.1) is 11.3 Å². The van der Waals surface area contributed by atoms with Crippen molar-refractivity contribution in [2.45, 2.75) is 0 Å². The number of nitrogen functional groups attached to an aromatic ring is 1. The van der Waals surface area contributed by atoms with Gasteiger partial charge in [0.25, 0.3) is 0 Å². The van der Waals surface area contributed by atoms with Crippen molar-refractivity contribution in [3.63, 3.8) is 0 Å². The largest absolute Gasteiger partial charge is 0.398 e. The zero-order valence-corrected chi connectivity index (χ0v) is 12.0. The third kappa shape index (κ3) is 1.39. The molecule has 1 aliphatic rings. The first-order valence-electron chi connectivity index (χ1n) is 7.30. The number of aromatic nitrogens is 2. The summed E-state index contributed by atoms with van der Waals surface area (Å²) in [6.07, 6.45) is 1.71. The summed E-state index contributed by atoms with van der Waals surface area (Å²) in [7, 11) is 0. The third-order valence-electron chi connectivity index (χ3n) is 4.55. The molecule has 0 saturated carbocycles. The van der Waals surface area contributed by atoms with Crippen LogP contribution in [0.3, 0.4) is 0 Å². The van der Waals surface area contributed by atoms with Crippen molar-refractivity contribution >= 4 is 27.2 Å². The Morgan fingerprint density at radius 2 is 1.91 bits per heavy atom. The summed E-state index contributed by atoms with van der Waals surface area (Å²) in [6.45, 7) is 0. The fourth-order valence-electron chi connectivity index (χ4n) is 3.59. The molecule has 4 nitrogen and oxygen atoms in total. The highest BCUT2D eigenvalue weighted by molar-refractivity contribution is 6.23. The average Bonchev–Trinajstić information content (AvgIpc) is 2.92. The van der Waals surface area contributed by atoms with Gasteiger partial charge in [0.05, 0.1) is 17.4 Å². The lowest BCUT2D eigenvalue weighted by molar-refractivity contribution is 1.05. The molecule has 0 saturated heterocycles. The second-order valence-corrected chi connectivity index (χ2v) is 5.69. The molecule has 0 unspecified atom stereocenters. The summed E-state index contributed by atoms with van der Waals surface area (Å²) >= 11 is 0. The van der Waals surface area contributed by atoms with E-state index in [0.29, 0.717) is 11.3 Å². The van der Waals surface area contributed by atoms with E-state index in [-0.39, 0.29) is 0 Å². The zero-order valence-electron chi connectivity index (χ0n) is 12.0. The SMILES string of the molecule is N#Cc1c(N)ccc2c3c4c(cccc4cc12)-c1ccnnc1-3. The van der Waals surface area contributed by atoms with Crippen molar-refractivity contribution in [3.05, 3.63) is 54.2 Å². The van der Waals surface area contributed by atoms with Gasteiger partial charge in [-0.1, -0.05) is 24.3 Å². The molecule has 4 aromatic rings. The van der Waals surface area contributed by atoms with Crippen LogP contribution >= 0.6 is 0 Å². The van der Waals surface area contributed by atoms with Gasteiger partial charge < -0.3 is 5.73 Å². The summed E-state index contributed by atoms with van der Waals surface area (Å²) < 4.78 is 0. The molecule has 0 fully saturated rings. The van der Waals surface area contributed by atoms with E-state index in [9.17, 15) is 5.26 Å². The number of hydrogen-bond acceptors (Lipinski definition) is 4. The van der Waals surface area contributed by atoms with Gasteiger partial charge in [-0.05, 0) is 39.9 Å². The Labute approximate surface area is 131 Å². The van der Waals surface area contributed by atoms with E-state index >= 15 is 0 Å². The van der Waals surface area contributed by atoms with Crippen LogP contribution in [0.25, 0.3) is 43.9 Å². The number of benzene rings is 3. The Morgan fingerprint density at radius 3 is 2.78 bits per heavy atom. The van der Waals surface area contributed by atoms with Crippen LogP contribution in [0.2, 0.25) is 0 Å². The Bertz CT molecular complexity index is 1190. The topological polar surface area (TPSA) is 75.6 Å². The van der Waals surface area contributed by atoms with Crippen molar-refractivity contribution < 1.29 is 0 Å². The van der Waals surface area contributed by atoms with Crippen molar-refractivity contribution in [3.8, 4) is 28.5 Å². The van der Waals surface area contributed by atoms with Gasteiger partial charge in [0.15, 0.2) is 0 Å². The highest BCUT2D eigenvalue weighted by Crippen LogP contribution is 2.49. The minimum Gasteiger partial charge on any atom is -0.398 e. The Balaban J connectivity index is 2.12. The van der Waals surface area contributed by atoms with E-state index in [4.69, 9.17) is 5.73 Å². The molecular weight excluding hydrogens is 284 g/mol. The molecule has 0 aliphatic heterocycles. The number of hydrogen-bond donors (Lipinski definition) is 1. The summed E-state index contributed by atoms with van der Waals surface area (Å²) in [5.74, 6) is 0. The maximum atomic E-state index is 9.50. The minimum atomic E-state index is 0.500. The molecule has 2 N–H and O–H groups in total. The second kappa shape index (κ2) is 4.05. The molecule has 5 rings (SSSR count). The monoisotopic (exact) mass is 294 g/mol. The number of nitrogens with zero attached hydrogens (tertiary/aromatic N) is 3. The number of nitrogens with two attached hydrogens (primary N) is 1. The Morgan fingerprint density at radius 1 is 1.00 bits per heavy atom. The van der Waals surface area contributed by atoms with E-state index in [1.54, 1.807) is 12.3 Å². The Hall–Kier alpha value is -3.45. The van der Waals surface area contributed by atoms with Crippen LogP contribution in [0.15, 0.2) is 48.7 Å². The highest BCUT2D eigenvalue weighted by atomic mass is 15.1. The van der Waals surface area contributed by atoms with E-state index in [0.717, 1.165) is 33.0 Å². The lowest BCUT2D eigenvalue weighted by Crippen LogP contribution is -1.93. The molecule has 1 aliphatic carbocycles. The van der Waals surface area contributed by atoms with Crippen LogP contribution in [0.5, 0.6) is 0 Å². The molecule has 1 heterocycles. The molecule has 23 heavy (non-hydrogen) atoms. The zero-order chi connectivity index (χ0) is 15.6. The van der Waals surface area contributed by atoms with Crippen molar-refractivity contribution in [1.82, 2.24) is 10.2 Å². The van der Waals surface area contributed by atoms with E-state index < -0.39 is 0 Å². The van der Waals surface area contributed by atoms with Gasteiger partial charge in [0.1, 0.15) is 11.8 Å². The maximum Gasteiger partial charge on any atom is 0.102 e. The van der Waals surface area contributed by atoms with Gasteiger partial charge in [-0.3, -0.25) is 0 Å². The predicted octanol–water partition coefficient (Wildman–Crippen LogP) is 3.88. The molecule has 0 amide bonds. The molecule has 1 aromatic heterocycles. The average molecular weight is 294 g/mol. The van der Waals surface area contributed by atoms with Crippen LogP contribution in [0.1, 0.15) is 5.56 Å². The van der Waals surface area contributed by atoms with Gasteiger partial charge in [-0.15, -0.1) is 5.10 Å². The predicted molar refractivity (Wildman–Crippen MR) is 90.6 cm³/mol. The molecule has 0 bridgehead atoms. The third-order valence-corrected chi connectivity index (χ3v) is 4.55. The minimum absolute atomic E-state index is 0.500. The standard InChI is InChI=1S/C19H10N4/c20-9-15-14-8-10-2-1-3-11-13-6-7-22-23-19(13)18(17(10)11)12(14)4-5-16(15)21/h1-8H,21H2. The number of rotatable bonds is 0. The van der Waals surface area contributed by atoms with E-state index in [1.165, 1.54) is 10.9 Å². The summed E-state index contributed by atoms with van der Waals surface area (Å²) in [6, 6.07) is 16.2. The molecule has 0 atom stereocenters. The van der Waals surface area contributed by atoms with Crippen LogP contribution < -0.4 is 5.73 Å². The first-order chi connectivity index (χ1) is 11.3. The van der Waals surface area contributed by atoms with Gasteiger partial charge >= 0.3 is 0 Å². The molecule has 3 aromatic carbocycles. The maximum absolute atomic E-state index is 9.50. The molecule has 4 heteroatoms. The number of fused-ring (bicyclic) bond motifs is 5. The smallest absolute Gasteiger partial charge is 0.102 e.